The van der Waals surface area contributed by atoms with Crippen LogP contribution in [0.3, 0.4) is 0 Å². The number of nitrogens with zero attached hydrogens (tertiary/aromatic N) is 1. The summed E-state index contributed by atoms with van der Waals surface area (Å²) >= 11 is 6.41. The lowest BCUT2D eigenvalue weighted by molar-refractivity contribution is -0.113. The number of thiazole rings is 1. The molecule has 1 amide bonds. The van der Waals surface area contributed by atoms with Crippen LogP contribution in [0, 0.1) is 0 Å². The summed E-state index contributed by atoms with van der Waals surface area (Å²) in [7, 11) is 1.26. The van der Waals surface area contributed by atoms with Crippen molar-refractivity contribution in [2.45, 2.75) is 0 Å². The Kier molecular flexibility index (Phi) is 3.84. The Morgan fingerprint density at radius 3 is 3.00 bits per heavy atom. The Hall–Kier alpha value is -1.14. The summed E-state index contributed by atoms with van der Waals surface area (Å²) in [6.07, 6.45) is 0. The molecule has 1 heterocycles. The molecule has 0 radical (unpaired) electrons. The van der Waals surface area contributed by atoms with Gasteiger partial charge >= 0.3 is 5.97 Å². The highest BCUT2D eigenvalue weighted by Crippen LogP contribution is 2.15. The van der Waals surface area contributed by atoms with Crippen molar-refractivity contribution in [3.63, 3.8) is 0 Å². The third kappa shape index (κ3) is 2.68. The number of hydrogen-bond acceptors (Lipinski definition) is 5. The zero-order valence-electron chi connectivity index (χ0n) is 7.24. The van der Waals surface area contributed by atoms with Gasteiger partial charge in [0.15, 0.2) is 10.8 Å². The molecule has 1 aromatic rings. The van der Waals surface area contributed by atoms with Gasteiger partial charge in [0.05, 0.1) is 7.11 Å². The number of rotatable bonds is 3. The summed E-state index contributed by atoms with van der Waals surface area (Å²) in [6.45, 7) is 0. The third-order valence-corrected chi connectivity index (χ3v) is 2.27. The highest BCUT2D eigenvalue weighted by molar-refractivity contribution is 7.14. The first-order valence-electron chi connectivity index (χ1n) is 3.57. The number of carbonyl (C=O) groups is 2. The van der Waals surface area contributed by atoms with E-state index in [0.717, 1.165) is 11.3 Å². The van der Waals surface area contributed by atoms with Gasteiger partial charge in [0.25, 0.3) is 0 Å². The molecule has 0 atom stereocenters. The molecule has 7 heteroatoms. The molecule has 0 aromatic carbocycles. The number of carbonyl (C=O) groups excluding carboxylic acids is 2. The van der Waals surface area contributed by atoms with Gasteiger partial charge in [-0.2, -0.15) is 0 Å². The minimum absolute atomic E-state index is 0.146. The first kappa shape index (κ1) is 10.9. The van der Waals surface area contributed by atoms with E-state index in [-0.39, 0.29) is 17.5 Å². The normalized spacial score (nSPS) is 9.57. The van der Waals surface area contributed by atoms with Gasteiger partial charge in [0.2, 0.25) is 5.91 Å². The number of ether oxygens (including phenoxy) is 1. The van der Waals surface area contributed by atoms with Gasteiger partial charge in [-0.25, -0.2) is 9.78 Å². The summed E-state index contributed by atoms with van der Waals surface area (Å²) in [4.78, 5) is 25.6. The zero-order valence-corrected chi connectivity index (χ0v) is 8.82. The van der Waals surface area contributed by atoms with Gasteiger partial charge in [-0.05, 0) is 0 Å². The molecule has 0 saturated heterocycles. The Morgan fingerprint density at radius 1 is 1.71 bits per heavy atom. The van der Waals surface area contributed by atoms with Crippen molar-refractivity contribution >= 4 is 39.9 Å². The van der Waals surface area contributed by atoms with Crippen LogP contribution in [-0.4, -0.2) is 29.9 Å². The Labute approximate surface area is 89.0 Å². The van der Waals surface area contributed by atoms with E-state index in [2.05, 4.69) is 15.0 Å². The van der Waals surface area contributed by atoms with Crippen LogP contribution >= 0.6 is 22.9 Å². The minimum Gasteiger partial charge on any atom is -0.464 e. The molecular formula is C7H7ClN2O3S. The topological polar surface area (TPSA) is 68.3 Å². The van der Waals surface area contributed by atoms with Crippen LogP contribution in [0.15, 0.2) is 5.38 Å². The van der Waals surface area contributed by atoms with Crippen LogP contribution in [0.5, 0.6) is 0 Å². The Balaban J connectivity index is 2.68. The predicted molar refractivity (Wildman–Crippen MR) is 52.8 cm³/mol. The number of alkyl halides is 1. The van der Waals surface area contributed by atoms with Gasteiger partial charge in [-0.1, -0.05) is 0 Å². The Morgan fingerprint density at radius 2 is 2.43 bits per heavy atom. The fourth-order valence-electron chi connectivity index (χ4n) is 0.682. The number of esters is 1. The largest absolute Gasteiger partial charge is 0.464 e. The lowest BCUT2D eigenvalue weighted by atomic mass is 10.5. The molecule has 0 fully saturated rings. The van der Waals surface area contributed by atoms with Crippen molar-refractivity contribution in [1.82, 2.24) is 4.98 Å². The number of methoxy groups -OCH3 is 1. The molecule has 1 rings (SSSR count). The monoisotopic (exact) mass is 234 g/mol. The van der Waals surface area contributed by atoms with Crippen LogP contribution in [-0.2, 0) is 9.53 Å². The zero-order chi connectivity index (χ0) is 10.6. The molecule has 14 heavy (non-hydrogen) atoms. The summed E-state index contributed by atoms with van der Waals surface area (Å²) in [5.74, 6) is -1.04. The van der Waals surface area contributed by atoms with E-state index in [0.29, 0.717) is 5.13 Å². The number of aromatic nitrogens is 1. The van der Waals surface area contributed by atoms with E-state index in [1.54, 1.807) is 0 Å². The van der Waals surface area contributed by atoms with Crippen molar-refractivity contribution in [3.8, 4) is 0 Å². The second kappa shape index (κ2) is 4.92. The smallest absolute Gasteiger partial charge is 0.357 e. The van der Waals surface area contributed by atoms with Gasteiger partial charge in [0.1, 0.15) is 5.88 Å². The average Bonchev–Trinajstić information content (AvgIpc) is 2.65. The number of nitrogens with one attached hydrogen (secondary N) is 1. The van der Waals surface area contributed by atoms with E-state index < -0.39 is 5.97 Å². The maximum atomic E-state index is 11.0. The molecule has 1 N–H and O–H groups in total. The van der Waals surface area contributed by atoms with Crippen molar-refractivity contribution in [2.24, 2.45) is 0 Å². The summed E-state index contributed by atoms with van der Waals surface area (Å²) < 4.78 is 4.45. The molecule has 0 aliphatic carbocycles. The maximum absolute atomic E-state index is 11.0. The fraction of sp³-hybridized carbons (Fsp3) is 0.286. The van der Waals surface area contributed by atoms with Crippen molar-refractivity contribution in [3.05, 3.63) is 11.1 Å². The number of halogens is 1. The Bertz CT molecular complexity index is 352. The first-order chi connectivity index (χ1) is 6.67. The third-order valence-electron chi connectivity index (χ3n) is 1.27. The lowest BCUT2D eigenvalue weighted by Gasteiger charge is -1.95. The minimum atomic E-state index is -0.535. The maximum Gasteiger partial charge on any atom is 0.357 e. The van der Waals surface area contributed by atoms with Gasteiger partial charge < -0.3 is 10.1 Å². The predicted octanol–water partition coefficient (Wildman–Crippen LogP) is 1.11. The quantitative estimate of drug-likeness (QED) is 0.628. The lowest BCUT2D eigenvalue weighted by Crippen LogP contribution is -2.12. The molecule has 0 saturated carbocycles. The van der Waals surface area contributed by atoms with Crippen LogP contribution in [0.4, 0.5) is 5.13 Å². The first-order valence-corrected chi connectivity index (χ1v) is 4.98. The standard InChI is InChI=1S/C7H7ClN2O3S/c1-13-6(12)4-3-14-7(9-4)10-5(11)2-8/h3H,2H2,1H3,(H,9,10,11). The molecule has 0 bridgehead atoms. The molecule has 0 aliphatic heterocycles. The fourth-order valence-corrected chi connectivity index (χ4v) is 1.44. The number of amides is 1. The van der Waals surface area contributed by atoms with E-state index in [1.807, 2.05) is 0 Å². The molecular weight excluding hydrogens is 228 g/mol. The van der Waals surface area contributed by atoms with Gasteiger partial charge in [-0.15, -0.1) is 22.9 Å². The highest BCUT2D eigenvalue weighted by Gasteiger charge is 2.11. The number of hydrogen-bond donors (Lipinski definition) is 1. The SMILES string of the molecule is COC(=O)c1csc(NC(=O)CCl)n1. The molecule has 76 valence electrons. The van der Waals surface area contributed by atoms with E-state index in [1.165, 1.54) is 12.5 Å². The van der Waals surface area contributed by atoms with Crippen LogP contribution in [0.1, 0.15) is 10.5 Å². The molecule has 5 nitrogen and oxygen atoms in total. The second-order valence-electron chi connectivity index (χ2n) is 2.21. The highest BCUT2D eigenvalue weighted by atomic mass is 35.5. The van der Waals surface area contributed by atoms with E-state index >= 15 is 0 Å². The molecule has 1 aromatic heterocycles. The number of anilines is 1. The van der Waals surface area contributed by atoms with Crippen LogP contribution in [0.25, 0.3) is 0 Å². The summed E-state index contributed by atoms with van der Waals surface area (Å²) in [5.41, 5.74) is 0.169. The van der Waals surface area contributed by atoms with Crippen molar-refractivity contribution in [2.75, 3.05) is 18.3 Å². The molecule has 0 aliphatic rings. The van der Waals surface area contributed by atoms with Crippen molar-refractivity contribution < 1.29 is 14.3 Å². The van der Waals surface area contributed by atoms with Gasteiger partial charge in [0, 0.05) is 5.38 Å². The second-order valence-corrected chi connectivity index (χ2v) is 3.34. The van der Waals surface area contributed by atoms with Gasteiger partial charge in [-0.3, -0.25) is 4.79 Å². The average molecular weight is 235 g/mol. The van der Waals surface area contributed by atoms with Crippen LogP contribution < -0.4 is 5.32 Å². The van der Waals surface area contributed by atoms with E-state index in [4.69, 9.17) is 11.6 Å². The van der Waals surface area contributed by atoms with E-state index in [9.17, 15) is 9.59 Å². The van der Waals surface area contributed by atoms with Crippen molar-refractivity contribution in [1.29, 1.82) is 0 Å². The molecule has 0 unspecified atom stereocenters. The molecule has 0 spiro atoms. The van der Waals surface area contributed by atoms with Crippen LogP contribution in [0.2, 0.25) is 0 Å². The summed E-state index contributed by atoms with van der Waals surface area (Å²) in [5, 5.41) is 4.25. The summed E-state index contributed by atoms with van der Waals surface area (Å²) in [6, 6.07) is 0.